The Bertz CT molecular complexity index is 349. The Morgan fingerprint density at radius 1 is 1.35 bits per heavy atom. The minimum Gasteiger partial charge on any atom is -0.496 e. The molecule has 0 saturated heterocycles. The van der Waals surface area contributed by atoms with E-state index in [1.54, 1.807) is 7.11 Å². The van der Waals surface area contributed by atoms with Gasteiger partial charge in [0.15, 0.2) is 0 Å². The van der Waals surface area contributed by atoms with Crippen molar-refractivity contribution in [2.75, 3.05) is 14.2 Å². The van der Waals surface area contributed by atoms with Crippen molar-refractivity contribution in [2.45, 2.75) is 45.6 Å². The molecule has 0 bridgehead atoms. The highest BCUT2D eigenvalue weighted by Gasteiger charge is 2.19. The van der Waals surface area contributed by atoms with Crippen LogP contribution in [0.15, 0.2) is 18.2 Å². The van der Waals surface area contributed by atoms with Crippen molar-refractivity contribution in [3.05, 3.63) is 29.3 Å². The summed E-state index contributed by atoms with van der Waals surface area (Å²) in [7, 11) is 3.79. The Labute approximate surface area is 105 Å². The van der Waals surface area contributed by atoms with Crippen LogP contribution in [-0.2, 0) is 0 Å². The lowest BCUT2D eigenvalue weighted by Crippen LogP contribution is -2.30. The zero-order chi connectivity index (χ0) is 12.8. The summed E-state index contributed by atoms with van der Waals surface area (Å²) in [6.45, 7) is 6.63. The summed E-state index contributed by atoms with van der Waals surface area (Å²) in [6.07, 6.45) is 2.39. The lowest BCUT2D eigenvalue weighted by Gasteiger charge is -2.25. The summed E-state index contributed by atoms with van der Waals surface area (Å²) in [5, 5.41) is 3.42. The van der Waals surface area contributed by atoms with Gasteiger partial charge in [0, 0.05) is 12.0 Å². The minimum absolute atomic E-state index is 0.467. The smallest absolute Gasteiger partial charge is 0.122 e. The molecule has 96 valence electrons. The van der Waals surface area contributed by atoms with Gasteiger partial charge in [-0.05, 0) is 32.0 Å². The fraction of sp³-hybridized carbons (Fsp3) is 0.600. The quantitative estimate of drug-likeness (QED) is 0.815. The molecular formula is C15H25NO. The van der Waals surface area contributed by atoms with Crippen LogP contribution >= 0.6 is 0 Å². The average molecular weight is 235 g/mol. The number of aryl methyl sites for hydroxylation is 1. The maximum Gasteiger partial charge on any atom is 0.122 e. The van der Waals surface area contributed by atoms with Crippen LogP contribution in [0.4, 0.5) is 0 Å². The first kappa shape index (κ1) is 14.0. The topological polar surface area (TPSA) is 21.3 Å². The molecule has 0 aliphatic rings. The first-order valence-electron chi connectivity index (χ1n) is 6.45. The molecule has 1 N–H and O–H groups in total. The number of likely N-dealkylation sites (N-methyl/N-ethyl adjacent to an activating group) is 1. The molecule has 0 aliphatic carbocycles. The highest BCUT2D eigenvalue weighted by molar-refractivity contribution is 5.39. The number of benzene rings is 1. The second-order valence-corrected chi connectivity index (χ2v) is 4.72. The van der Waals surface area contributed by atoms with Gasteiger partial charge in [-0.1, -0.05) is 38.0 Å². The molecule has 0 aromatic heterocycles. The largest absolute Gasteiger partial charge is 0.496 e. The molecular weight excluding hydrogens is 210 g/mol. The summed E-state index contributed by atoms with van der Waals surface area (Å²) in [6, 6.07) is 6.92. The Kier molecular flexibility index (Phi) is 5.49. The van der Waals surface area contributed by atoms with Gasteiger partial charge < -0.3 is 10.1 Å². The van der Waals surface area contributed by atoms with Crippen molar-refractivity contribution < 1.29 is 4.74 Å². The second-order valence-electron chi connectivity index (χ2n) is 4.72. The molecule has 0 radical (unpaired) electrons. The van der Waals surface area contributed by atoms with Gasteiger partial charge in [-0.15, -0.1) is 0 Å². The van der Waals surface area contributed by atoms with Crippen molar-refractivity contribution in [1.82, 2.24) is 5.32 Å². The van der Waals surface area contributed by atoms with E-state index in [-0.39, 0.29) is 0 Å². The molecule has 0 fully saturated rings. The molecule has 1 rings (SSSR count). The molecule has 2 nitrogen and oxygen atoms in total. The number of hydrogen-bond acceptors (Lipinski definition) is 2. The van der Waals surface area contributed by atoms with Gasteiger partial charge >= 0.3 is 0 Å². The van der Waals surface area contributed by atoms with Crippen molar-refractivity contribution in [3.63, 3.8) is 0 Å². The maximum atomic E-state index is 5.47. The molecule has 17 heavy (non-hydrogen) atoms. The van der Waals surface area contributed by atoms with Crippen molar-refractivity contribution in [1.29, 1.82) is 0 Å². The number of ether oxygens (including phenoxy) is 1. The van der Waals surface area contributed by atoms with E-state index in [4.69, 9.17) is 4.74 Å². The summed E-state index contributed by atoms with van der Waals surface area (Å²) >= 11 is 0. The molecule has 1 aromatic rings. The number of methoxy groups -OCH3 is 1. The Morgan fingerprint density at radius 3 is 2.59 bits per heavy atom. The first-order valence-corrected chi connectivity index (χ1v) is 6.45. The molecule has 1 aromatic carbocycles. The Morgan fingerprint density at radius 2 is 2.06 bits per heavy atom. The van der Waals surface area contributed by atoms with Crippen LogP contribution in [0, 0.1) is 6.92 Å². The second kappa shape index (κ2) is 6.65. The zero-order valence-electron chi connectivity index (χ0n) is 11.7. The lowest BCUT2D eigenvalue weighted by atomic mass is 9.89. The standard InChI is InChI=1S/C15H25NO/c1-6-7-14(16-4)12(3)13-10-11(2)8-9-15(13)17-5/h8-10,12,14,16H,6-7H2,1-5H3. The van der Waals surface area contributed by atoms with Crippen LogP contribution < -0.4 is 10.1 Å². The van der Waals surface area contributed by atoms with Gasteiger partial charge in [-0.3, -0.25) is 0 Å². The summed E-state index contributed by atoms with van der Waals surface area (Å²) in [5.74, 6) is 1.47. The van der Waals surface area contributed by atoms with Crippen LogP contribution in [0.2, 0.25) is 0 Å². The first-order chi connectivity index (χ1) is 8.13. The fourth-order valence-corrected chi connectivity index (χ4v) is 2.38. The molecule has 2 unspecified atom stereocenters. The van der Waals surface area contributed by atoms with E-state index in [1.807, 2.05) is 7.05 Å². The van der Waals surface area contributed by atoms with Crippen molar-refractivity contribution in [3.8, 4) is 5.75 Å². The number of rotatable bonds is 6. The van der Waals surface area contributed by atoms with E-state index in [2.05, 4.69) is 44.3 Å². The predicted molar refractivity (Wildman–Crippen MR) is 73.9 cm³/mol. The molecule has 0 saturated carbocycles. The van der Waals surface area contributed by atoms with Gasteiger partial charge in [0.2, 0.25) is 0 Å². The molecule has 0 amide bonds. The van der Waals surface area contributed by atoms with Gasteiger partial charge in [-0.25, -0.2) is 0 Å². The summed E-state index contributed by atoms with van der Waals surface area (Å²) < 4.78 is 5.47. The highest BCUT2D eigenvalue weighted by Crippen LogP contribution is 2.31. The van der Waals surface area contributed by atoms with E-state index in [9.17, 15) is 0 Å². The van der Waals surface area contributed by atoms with Gasteiger partial charge in [0.25, 0.3) is 0 Å². The van der Waals surface area contributed by atoms with E-state index < -0.39 is 0 Å². The fourth-order valence-electron chi connectivity index (χ4n) is 2.38. The zero-order valence-corrected chi connectivity index (χ0v) is 11.7. The predicted octanol–water partition coefficient (Wildman–Crippen LogP) is 3.50. The highest BCUT2D eigenvalue weighted by atomic mass is 16.5. The maximum absolute atomic E-state index is 5.47. The third-order valence-corrected chi connectivity index (χ3v) is 3.45. The van der Waals surface area contributed by atoms with Crippen molar-refractivity contribution in [2.24, 2.45) is 0 Å². The SMILES string of the molecule is CCCC(NC)C(C)c1cc(C)ccc1OC. The van der Waals surface area contributed by atoms with E-state index >= 15 is 0 Å². The van der Waals surface area contributed by atoms with Crippen LogP contribution in [0.3, 0.4) is 0 Å². The van der Waals surface area contributed by atoms with Gasteiger partial charge in [0.05, 0.1) is 7.11 Å². The van der Waals surface area contributed by atoms with E-state index in [0.717, 1.165) is 5.75 Å². The van der Waals surface area contributed by atoms with Crippen LogP contribution in [0.5, 0.6) is 5.75 Å². The number of hydrogen-bond donors (Lipinski definition) is 1. The Hall–Kier alpha value is -1.02. The van der Waals surface area contributed by atoms with E-state index in [1.165, 1.54) is 24.0 Å². The monoisotopic (exact) mass is 235 g/mol. The molecule has 2 atom stereocenters. The van der Waals surface area contributed by atoms with Gasteiger partial charge in [0.1, 0.15) is 5.75 Å². The lowest BCUT2D eigenvalue weighted by molar-refractivity contribution is 0.391. The third-order valence-electron chi connectivity index (χ3n) is 3.45. The summed E-state index contributed by atoms with van der Waals surface area (Å²) in [5.41, 5.74) is 2.60. The summed E-state index contributed by atoms with van der Waals surface area (Å²) in [4.78, 5) is 0. The van der Waals surface area contributed by atoms with Crippen LogP contribution in [-0.4, -0.2) is 20.2 Å². The van der Waals surface area contributed by atoms with Crippen LogP contribution in [0.1, 0.15) is 43.7 Å². The molecule has 0 heterocycles. The van der Waals surface area contributed by atoms with Crippen LogP contribution in [0.25, 0.3) is 0 Å². The average Bonchev–Trinajstić information content (AvgIpc) is 2.35. The van der Waals surface area contributed by atoms with E-state index in [0.29, 0.717) is 12.0 Å². The third kappa shape index (κ3) is 3.47. The van der Waals surface area contributed by atoms with Crippen molar-refractivity contribution >= 4 is 0 Å². The van der Waals surface area contributed by atoms with Gasteiger partial charge in [-0.2, -0.15) is 0 Å². The molecule has 0 aliphatic heterocycles. The normalized spacial score (nSPS) is 14.4. The molecule has 0 spiro atoms. The Balaban J connectivity index is 2.99. The minimum atomic E-state index is 0.467. The molecule has 2 heteroatoms. The number of nitrogens with one attached hydrogen (secondary N) is 1.